The minimum Gasteiger partial charge on any atom is -0.369 e. The Morgan fingerprint density at radius 2 is 1.92 bits per heavy atom. The molecule has 132 valence electrons. The van der Waals surface area contributed by atoms with E-state index in [9.17, 15) is 4.79 Å². The van der Waals surface area contributed by atoms with Gasteiger partial charge in [0.2, 0.25) is 11.8 Å². The molecule has 2 N–H and O–H groups in total. The minimum atomic E-state index is -0.278. The maximum Gasteiger partial charge on any atom is 0.246 e. The van der Waals surface area contributed by atoms with Gasteiger partial charge in [0.15, 0.2) is 5.82 Å². The third-order valence-electron chi connectivity index (χ3n) is 4.68. The first-order valence-corrected chi connectivity index (χ1v) is 8.66. The van der Waals surface area contributed by atoms with Crippen LogP contribution in [0.3, 0.4) is 0 Å². The van der Waals surface area contributed by atoms with Gasteiger partial charge in [0, 0.05) is 18.7 Å². The lowest BCUT2D eigenvalue weighted by molar-refractivity contribution is -0.121. The van der Waals surface area contributed by atoms with Crippen LogP contribution in [0.2, 0.25) is 0 Å². The summed E-state index contributed by atoms with van der Waals surface area (Å²) >= 11 is 0. The molecule has 1 atom stereocenters. The van der Waals surface area contributed by atoms with E-state index in [1.54, 1.807) is 0 Å². The number of hydrogen-bond donors (Lipinski definition) is 1. The molecule has 1 aromatic heterocycles. The van der Waals surface area contributed by atoms with Gasteiger partial charge in [-0.15, -0.1) is 0 Å². The number of amides is 1. The molecular weight excluding hydrogens is 328 g/mol. The molecule has 0 saturated heterocycles. The second-order valence-electron chi connectivity index (χ2n) is 6.58. The summed E-state index contributed by atoms with van der Waals surface area (Å²) in [6.45, 7) is 1.02. The van der Waals surface area contributed by atoms with Gasteiger partial charge in [0.1, 0.15) is 0 Å². The number of hydrogen-bond acceptors (Lipinski definition) is 5. The smallest absolute Gasteiger partial charge is 0.246 e. The molecule has 1 amide bonds. The quantitative estimate of drug-likeness (QED) is 0.765. The van der Waals surface area contributed by atoms with Gasteiger partial charge >= 0.3 is 0 Å². The highest BCUT2D eigenvalue weighted by Crippen LogP contribution is 2.30. The van der Waals surface area contributed by atoms with Crippen molar-refractivity contribution in [2.24, 2.45) is 11.7 Å². The second kappa shape index (κ2) is 7.00. The van der Waals surface area contributed by atoms with E-state index in [1.165, 1.54) is 0 Å². The van der Waals surface area contributed by atoms with Crippen LogP contribution in [0.15, 0.2) is 59.1 Å². The molecule has 2 heterocycles. The molecule has 0 radical (unpaired) electrons. The molecule has 6 heteroatoms. The van der Waals surface area contributed by atoms with Gasteiger partial charge in [-0.05, 0) is 23.6 Å². The Balaban J connectivity index is 1.52. The van der Waals surface area contributed by atoms with Crippen LogP contribution >= 0.6 is 0 Å². The first-order chi connectivity index (χ1) is 12.7. The molecule has 1 aliphatic heterocycles. The fraction of sp³-hybridized carbons (Fsp3) is 0.250. The monoisotopic (exact) mass is 348 g/mol. The molecule has 0 unspecified atom stereocenters. The summed E-state index contributed by atoms with van der Waals surface area (Å²) in [6, 6.07) is 18.1. The molecule has 1 aliphatic rings. The molecule has 0 saturated carbocycles. The van der Waals surface area contributed by atoms with Crippen molar-refractivity contribution in [3.63, 3.8) is 0 Å². The van der Waals surface area contributed by atoms with Crippen LogP contribution in [0.4, 0.5) is 5.69 Å². The Morgan fingerprint density at radius 3 is 2.73 bits per heavy atom. The van der Waals surface area contributed by atoms with Crippen LogP contribution in [-0.4, -0.2) is 22.6 Å². The van der Waals surface area contributed by atoms with Crippen molar-refractivity contribution in [2.75, 3.05) is 11.4 Å². The zero-order valence-electron chi connectivity index (χ0n) is 14.3. The number of carbonyl (C=O) groups is 1. The van der Waals surface area contributed by atoms with E-state index in [4.69, 9.17) is 10.3 Å². The molecular formula is C20H20N4O2. The van der Waals surface area contributed by atoms with Crippen LogP contribution in [0.5, 0.6) is 0 Å². The van der Waals surface area contributed by atoms with Gasteiger partial charge in [-0.2, -0.15) is 4.98 Å². The van der Waals surface area contributed by atoms with E-state index in [0.29, 0.717) is 37.6 Å². The van der Waals surface area contributed by atoms with Crippen molar-refractivity contribution in [2.45, 2.75) is 19.4 Å². The van der Waals surface area contributed by atoms with E-state index >= 15 is 0 Å². The summed E-state index contributed by atoms with van der Waals surface area (Å²) < 4.78 is 5.43. The fourth-order valence-electron chi connectivity index (χ4n) is 3.39. The van der Waals surface area contributed by atoms with Crippen molar-refractivity contribution in [3.8, 4) is 0 Å². The first-order valence-electron chi connectivity index (χ1n) is 8.66. The standard InChI is InChI=1S/C20H20N4O2/c21-20(25)16-11-15-8-4-5-9-17(15)24(12-16)13-19-22-18(23-26-19)10-14-6-2-1-3-7-14/h1-9,16H,10-13H2,(H2,21,25)/t16-/m1/s1. The number of nitrogens with zero attached hydrogens (tertiary/aromatic N) is 3. The van der Waals surface area contributed by atoms with Gasteiger partial charge in [0.25, 0.3) is 0 Å². The van der Waals surface area contributed by atoms with E-state index < -0.39 is 0 Å². The largest absolute Gasteiger partial charge is 0.369 e. The molecule has 0 aliphatic carbocycles. The molecule has 6 nitrogen and oxygen atoms in total. The molecule has 2 aromatic carbocycles. The Labute approximate surface area is 151 Å². The highest BCUT2D eigenvalue weighted by molar-refractivity contribution is 5.79. The summed E-state index contributed by atoms with van der Waals surface area (Å²) in [5.41, 5.74) is 8.90. The van der Waals surface area contributed by atoms with Crippen molar-refractivity contribution < 1.29 is 9.32 Å². The normalized spacial score (nSPS) is 16.3. The zero-order chi connectivity index (χ0) is 17.9. The van der Waals surface area contributed by atoms with Gasteiger partial charge in [0.05, 0.1) is 12.5 Å². The number of para-hydroxylation sites is 1. The molecule has 4 rings (SSSR count). The lowest BCUT2D eigenvalue weighted by Crippen LogP contribution is -2.41. The highest BCUT2D eigenvalue weighted by Gasteiger charge is 2.28. The molecule has 3 aromatic rings. The van der Waals surface area contributed by atoms with Crippen molar-refractivity contribution >= 4 is 11.6 Å². The average Bonchev–Trinajstić information content (AvgIpc) is 3.09. The Kier molecular flexibility index (Phi) is 4.39. The van der Waals surface area contributed by atoms with E-state index in [1.807, 2.05) is 54.6 Å². The Morgan fingerprint density at radius 1 is 1.15 bits per heavy atom. The van der Waals surface area contributed by atoms with Gasteiger partial charge in [-0.25, -0.2) is 0 Å². The Bertz CT molecular complexity index is 907. The summed E-state index contributed by atoms with van der Waals surface area (Å²) in [5.74, 6) is 0.704. The highest BCUT2D eigenvalue weighted by atomic mass is 16.5. The Hall–Kier alpha value is -3.15. The van der Waals surface area contributed by atoms with Crippen molar-refractivity contribution in [3.05, 3.63) is 77.4 Å². The molecule has 0 spiro atoms. The summed E-state index contributed by atoms with van der Waals surface area (Å²) in [6.07, 6.45) is 1.30. The van der Waals surface area contributed by atoms with Crippen LogP contribution in [0.25, 0.3) is 0 Å². The van der Waals surface area contributed by atoms with Crippen LogP contribution in [0, 0.1) is 5.92 Å². The van der Waals surface area contributed by atoms with Crippen molar-refractivity contribution in [1.29, 1.82) is 0 Å². The van der Waals surface area contributed by atoms with Crippen LogP contribution in [0.1, 0.15) is 22.8 Å². The molecule has 0 bridgehead atoms. The molecule has 26 heavy (non-hydrogen) atoms. The van der Waals surface area contributed by atoms with Crippen molar-refractivity contribution in [1.82, 2.24) is 10.1 Å². The van der Waals surface area contributed by atoms with Crippen LogP contribution in [-0.2, 0) is 24.2 Å². The number of fused-ring (bicyclic) bond motifs is 1. The third kappa shape index (κ3) is 3.44. The lowest BCUT2D eigenvalue weighted by atomic mass is 9.92. The molecule has 0 fully saturated rings. The van der Waals surface area contributed by atoms with E-state index in [2.05, 4.69) is 15.0 Å². The van der Waals surface area contributed by atoms with Gasteiger partial charge in [-0.1, -0.05) is 53.7 Å². The number of primary amides is 1. The maximum absolute atomic E-state index is 11.7. The summed E-state index contributed by atoms with van der Waals surface area (Å²) in [5, 5.41) is 4.08. The first kappa shape index (κ1) is 16.3. The average molecular weight is 348 g/mol. The second-order valence-corrected chi connectivity index (χ2v) is 6.58. The number of aromatic nitrogens is 2. The maximum atomic E-state index is 11.7. The zero-order valence-corrected chi connectivity index (χ0v) is 14.3. The third-order valence-corrected chi connectivity index (χ3v) is 4.68. The summed E-state index contributed by atoms with van der Waals surface area (Å²) in [4.78, 5) is 18.3. The van der Waals surface area contributed by atoms with Crippen LogP contribution < -0.4 is 10.6 Å². The number of rotatable bonds is 5. The van der Waals surface area contributed by atoms with Gasteiger partial charge < -0.3 is 15.2 Å². The number of carbonyl (C=O) groups excluding carboxylic acids is 1. The number of nitrogens with two attached hydrogens (primary N) is 1. The minimum absolute atomic E-state index is 0.211. The fourth-order valence-corrected chi connectivity index (χ4v) is 3.39. The lowest BCUT2D eigenvalue weighted by Gasteiger charge is -2.33. The number of benzene rings is 2. The number of anilines is 1. The summed E-state index contributed by atoms with van der Waals surface area (Å²) in [7, 11) is 0. The van der Waals surface area contributed by atoms with E-state index in [0.717, 1.165) is 16.8 Å². The predicted molar refractivity (Wildman–Crippen MR) is 97.4 cm³/mol. The SMILES string of the molecule is NC(=O)[C@@H]1Cc2ccccc2N(Cc2nc(Cc3ccccc3)no2)C1. The van der Waals surface area contributed by atoms with E-state index in [-0.39, 0.29) is 11.8 Å². The predicted octanol–water partition coefficient (Wildman–Crippen LogP) is 2.32. The topological polar surface area (TPSA) is 85.3 Å². The van der Waals surface area contributed by atoms with Gasteiger partial charge in [-0.3, -0.25) is 4.79 Å².